The SMILES string of the molecule is [CH2]c1ccc(NC(=O)OCc2cccc3c2Cc2ccccc2-3)cc1. The maximum absolute atomic E-state index is 12.0. The first kappa shape index (κ1) is 15.5. The highest BCUT2D eigenvalue weighted by atomic mass is 16.5. The molecule has 1 radical (unpaired) electrons. The second-order valence-electron chi connectivity index (χ2n) is 6.18. The van der Waals surface area contributed by atoms with Crippen LogP contribution in [0.4, 0.5) is 10.5 Å². The Morgan fingerprint density at radius 1 is 0.960 bits per heavy atom. The van der Waals surface area contributed by atoms with E-state index in [-0.39, 0.29) is 6.61 Å². The summed E-state index contributed by atoms with van der Waals surface area (Å²) < 4.78 is 5.42. The van der Waals surface area contributed by atoms with E-state index < -0.39 is 6.09 Å². The van der Waals surface area contributed by atoms with E-state index in [9.17, 15) is 4.79 Å². The molecule has 4 rings (SSSR count). The number of nitrogens with one attached hydrogen (secondary N) is 1. The van der Waals surface area contributed by atoms with Crippen molar-refractivity contribution in [2.75, 3.05) is 5.32 Å². The van der Waals surface area contributed by atoms with Gasteiger partial charge < -0.3 is 4.74 Å². The molecule has 0 unspecified atom stereocenters. The molecule has 3 aromatic carbocycles. The largest absolute Gasteiger partial charge is 0.444 e. The van der Waals surface area contributed by atoms with Crippen LogP contribution in [0.3, 0.4) is 0 Å². The van der Waals surface area contributed by atoms with Gasteiger partial charge >= 0.3 is 6.09 Å². The lowest BCUT2D eigenvalue weighted by Gasteiger charge is -2.10. The number of anilines is 1. The Bertz CT molecular complexity index is 929. The maximum atomic E-state index is 12.0. The predicted octanol–water partition coefficient (Wildman–Crippen LogP) is 5.19. The fourth-order valence-electron chi connectivity index (χ4n) is 3.24. The van der Waals surface area contributed by atoms with Crippen LogP contribution in [-0.2, 0) is 17.8 Å². The number of benzene rings is 3. The van der Waals surface area contributed by atoms with Crippen LogP contribution in [0.5, 0.6) is 0 Å². The minimum atomic E-state index is -0.454. The van der Waals surface area contributed by atoms with Crippen molar-refractivity contribution in [1.82, 2.24) is 0 Å². The van der Waals surface area contributed by atoms with E-state index in [0.717, 1.165) is 17.5 Å². The summed E-state index contributed by atoms with van der Waals surface area (Å²) in [6, 6.07) is 21.9. The molecule has 3 nitrogen and oxygen atoms in total. The molecule has 0 saturated heterocycles. The zero-order valence-corrected chi connectivity index (χ0v) is 13.8. The summed E-state index contributed by atoms with van der Waals surface area (Å²) >= 11 is 0. The third kappa shape index (κ3) is 3.13. The molecule has 1 aliphatic carbocycles. The van der Waals surface area contributed by atoms with Gasteiger partial charge in [-0.3, -0.25) is 5.32 Å². The highest BCUT2D eigenvalue weighted by Gasteiger charge is 2.20. The van der Waals surface area contributed by atoms with Crippen LogP contribution >= 0.6 is 0 Å². The summed E-state index contributed by atoms with van der Waals surface area (Å²) in [5, 5.41) is 2.74. The van der Waals surface area contributed by atoms with Gasteiger partial charge in [0.05, 0.1) is 0 Å². The van der Waals surface area contributed by atoms with E-state index in [4.69, 9.17) is 4.74 Å². The molecule has 25 heavy (non-hydrogen) atoms. The van der Waals surface area contributed by atoms with Crippen molar-refractivity contribution in [3.63, 3.8) is 0 Å². The van der Waals surface area contributed by atoms with Crippen molar-refractivity contribution < 1.29 is 9.53 Å². The van der Waals surface area contributed by atoms with E-state index in [0.29, 0.717) is 5.69 Å². The Hall–Kier alpha value is -3.07. The van der Waals surface area contributed by atoms with Gasteiger partial charge in [0.1, 0.15) is 6.61 Å². The van der Waals surface area contributed by atoms with Gasteiger partial charge in [-0.1, -0.05) is 54.6 Å². The molecular formula is C22H18NO2. The van der Waals surface area contributed by atoms with Gasteiger partial charge in [0.15, 0.2) is 0 Å². The van der Waals surface area contributed by atoms with Gasteiger partial charge in [-0.2, -0.15) is 0 Å². The Kier molecular flexibility index (Phi) is 3.98. The van der Waals surface area contributed by atoms with Crippen molar-refractivity contribution in [3.05, 3.63) is 95.9 Å². The molecule has 0 aromatic heterocycles. The van der Waals surface area contributed by atoms with Crippen LogP contribution in [-0.4, -0.2) is 6.09 Å². The fraction of sp³-hybridized carbons (Fsp3) is 0.0909. The van der Waals surface area contributed by atoms with Crippen molar-refractivity contribution in [3.8, 4) is 11.1 Å². The molecule has 3 heteroatoms. The highest BCUT2D eigenvalue weighted by molar-refractivity contribution is 5.84. The average Bonchev–Trinajstić information content (AvgIpc) is 3.01. The molecule has 0 fully saturated rings. The van der Waals surface area contributed by atoms with Gasteiger partial charge in [0.25, 0.3) is 0 Å². The van der Waals surface area contributed by atoms with E-state index >= 15 is 0 Å². The zero-order valence-electron chi connectivity index (χ0n) is 13.8. The van der Waals surface area contributed by atoms with E-state index in [1.165, 1.54) is 22.3 Å². The lowest BCUT2D eigenvalue weighted by molar-refractivity contribution is 0.155. The smallest absolute Gasteiger partial charge is 0.411 e. The molecule has 0 aliphatic heterocycles. The molecule has 0 atom stereocenters. The van der Waals surface area contributed by atoms with Gasteiger partial charge in [0.2, 0.25) is 0 Å². The molecule has 123 valence electrons. The number of hydrogen-bond acceptors (Lipinski definition) is 2. The number of ether oxygens (including phenoxy) is 1. The van der Waals surface area contributed by atoms with Crippen LogP contribution in [0.15, 0.2) is 66.7 Å². The number of amides is 1. The third-order valence-electron chi connectivity index (χ3n) is 4.51. The number of carbonyl (C=O) groups is 1. The van der Waals surface area contributed by atoms with Crippen molar-refractivity contribution in [2.24, 2.45) is 0 Å². The molecule has 0 bridgehead atoms. The van der Waals surface area contributed by atoms with Crippen LogP contribution in [0.25, 0.3) is 11.1 Å². The summed E-state index contributed by atoms with van der Waals surface area (Å²) in [6.07, 6.45) is 0.433. The first-order valence-electron chi connectivity index (χ1n) is 8.25. The number of fused-ring (bicyclic) bond motifs is 3. The van der Waals surface area contributed by atoms with Crippen LogP contribution in [0.2, 0.25) is 0 Å². The van der Waals surface area contributed by atoms with Gasteiger partial charge in [-0.25, -0.2) is 4.79 Å². The first-order chi connectivity index (χ1) is 12.2. The van der Waals surface area contributed by atoms with Gasteiger partial charge in [-0.15, -0.1) is 0 Å². The minimum absolute atomic E-state index is 0.260. The monoisotopic (exact) mass is 328 g/mol. The molecule has 1 N–H and O–H groups in total. The molecule has 0 spiro atoms. The molecular weight excluding hydrogens is 310 g/mol. The normalized spacial score (nSPS) is 11.6. The van der Waals surface area contributed by atoms with Crippen molar-refractivity contribution in [1.29, 1.82) is 0 Å². The molecule has 0 saturated carbocycles. The molecule has 1 aliphatic rings. The predicted molar refractivity (Wildman–Crippen MR) is 99.4 cm³/mol. The number of carbonyl (C=O) groups excluding carboxylic acids is 1. The maximum Gasteiger partial charge on any atom is 0.411 e. The van der Waals surface area contributed by atoms with Crippen LogP contribution < -0.4 is 5.32 Å². The molecule has 0 heterocycles. The number of hydrogen-bond donors (Lipinski definition) is 1. The minimum Gasteiger partial charge on any atom is -0.444 e. The molecule has 1 amide bonds. The Labute approximate surface area is 147 Å². The van der Waals surface area contributed by atoms with E-state index in [1.54, 1.807) is 12.1 Å². The third-order valence-corrected chi connectivity index (χ3v) is 4.51. The van der Waals surface area contributed by atoms with E-state index in [2.05, 4.69) is 42.6 Å². The Morgan fingerprint density at radius 3 is 2.56 bits per heavy atom. The van der Waals surface area contributed by atoms with Crippen molar-refractivity contribution >= 4 is 11.8 Å². The highest BCUT2D eigenvalue weighted by Crippen LogP contribution is 2.38. The van der Waals surface area contributed by atoms with Crippen LogP contribution in [0, 0.1) is 6.92 Å². The van der Waals surface area contributed by atoms with Gasteiger partial charge in [-0.05, 0) is 58.9 Å². The van der Waals surface area contributed by atoms with Crippen molar-refractivity contribution in [2.45, 2.75) is 13.0 Å². The first-order valence-corrected chi connectivity index (χ1v) is 8.25. The van der Waals surface area contributed by atoms with E-state index in [1.807, 2.05) is 24.3 Å². The lowest BCUT2D eigenvalue weighted by atomic mass is 10.0. The second kappa shape index (κ2) is 6.44. The summed E-state index contributed by atoms with van der Waals surface area (Å²) in [4.78, 5) is 12.0. The quantitative estimate of drug-likeness (QED) is 0.562. The average molecular weight is 328 g/mol. The Balaban J connectivity index is 1.46. The topological polar surface area (TPSA) is 38.3 Å². The summed E-state index contributed by atoms with van der Waals surface area (Å²) in [5.41, 5.74) is 7.74. The summed E-state index contributed by atoms with van der Waals surface area (Å²) in [7, 11) is 0. The van der Waals surface area contributed by atoms with Gasteiger partial charge in [0, 0.05) is 5.69 Å². The summed E-state index contributed by atoms with van der Waals surface area (Å²) in [6.45, 7) is 4.08. The van der Waals surface area contributed by atoms with Crippen LogP contribution in [0.1, 0.15) is 22.3 Å². The zero-order chi connectivity index (χ0) is 17.2. The standard InChI is InChI=1S/C22H18NO2/c1-15-9-11-18(12-10-15)23-22(24)25-14-17-6-4-8-20-19-7-3-2-5-16(19)13-21(17)20/h2-12H,1,13-14H2,(H,23,24). The fourth-order valence-corrected chi connectivity index (χ4v) is 3.24. The molecule has 3 aromatic rings. The number of rotatable bonds is 3. The second-order valence-corrected chi connectivity index (χ2v) is 6.18. The Morgan fingerprint density at radius 2 is 1.72 bits per heavy atom. The summed E-state index contributed by atoms with van der Waals surface area (Å²) in [5.74, 6) is 0. The lowest BCUT2D eigenvalue weighted by Crippen LogP contribution is -2.14.